The van der Waals surface area contributed by atoms with Crippen LogP contribution in [-0.2, 0) is 9.59 Å². The van der Waals surface area contributed by atoms with Gasteiger partial charge in [-0.25, -0.2) is 0 Å². The third kappa shape index (κ3) is 2.18. The number of piperidine rings is 1. The topological polar surface area (TPSA) is 49.4 Å². The Hall–Kier alpha value is -0.900. The van der Waals surface area contributed by atoms with Crippen molar-refractivity contribution in [3.63, 3.8) is 0 Å². The molecule has 1 atom stereocenters. The van der Waals surface area contributed by atoms with Gasteiger partial charge in [-0.2, -0.15) is 0 Å². The molecule has 100 valence electrons. The van der Waals surface area contributed by atoms with Gasteiger partial charge in [0, 0.05) is 19.4 Å². The summed E-state index contributed by atoms with van der Waals surface area (Å²) >= 11 is 0. The second kappa shape index (κ2) is 4.65. The van der Waals surface area contributed by atoms with Crippen LogP contribution in [0.25, 0.3) is 0 Å². The quantitative estimate of drug-likeness (QED) is 0.752. The van der Waals surface area contributed by atoms with Crippen LogP contribution in [0.2, 0.25) is 0 Å². The Bertz CT molecular complexity index is 335. The smallest absolute Gasteiger partial charge is 0.229 e. The Morgan fingerprint density at radius 3 is 2.39 bits per heavy atom. The van der Waals surface area contributed by atoms with Gasteiger partial charge < -0.3 is 5.32 Å². The molecule has 2 amide bonds. The van der Waals surface area contributed by atoms with E-state index in [-0.39, 0.29) is 17.2 Å². The summed E-state index contributed by atoms with van der Waals surface area (Å²) in [7, 11) is 0. The van der Waals surface area contributed by atoms with Crippen molar-refractivity contribution < 1.29 is 9.59 Å². The molecule has 1 spiro atoms. The highest BCUT2D eigenvalue weighted by Gasteiger charge is 2.45. The molecule has 0 aromatic carbocycles. The van der Waals surface area contributed by atoms with E-state index in [1.54, 1.807) is 4.90 Å². The molecule has 1 unspecified atom stereocenters. The lowest BCUT2D eigenvalue weighted by Gasteiger charge is -2.38. The van der Waals surface area contributed by atoms with Crippen molar-refractivity contribution >= 4 is 11.8 Å². The van der Waals surface area contributed by atoms with E-state index in [1.165, 1.54) is 12.8 Å². The van der Waals surface area contributed by atoms with Gasteiger partial charge in [0.2, 0.25) is 11.8 Å². The zero-order chi connectivity index (χ0) is 12.6. The minimum atomic E-state index is 0.0403. The number of carbonyl (C=O) groups is 2. The maximum Gasteiger partial charge on any atom is 0.229 e. The average molecular weight is 250 g/mol. The highest BCUT2D eigenvalue weighted by atomic mass is 16.2. The lowest BCUT2D eigenvalue weighted by Crippen LogP contribution is -2.49. The maximum absolute atomic E-state index is 12.2. The summed E-state index contributed by atoms with van der Waals surface area (Å²) in [5.74, 6) is 0.635. The van der Waals surface area contributed by atoms with Crippen molar-refractivity contribution in [2.75, 3.05) is 19.6 Å². The number of imide groups is 1. The van der Waals surface area contributed by atoms with Gasteiger partial charge in [0.1, 0.15) is 0 Å². The second-order valence-electron chi connectivity index (χ2n) is 6.32. The highest BCUT2D eigenvalue weighted by molar-refractivity contribution is 5.98. The van der Waals surface area contributed by atoms with Crippen molar-refractivity contribution in [3.8, 4) is 0 Å². The van der Waals surface area contributed by atoms with Crippen LogP contribution in [0.3, 0.4) is 0 Å². The van der Waals surface area contributed by atoms with Crippen LogP contribution in [-0.4, -0.2) is 36.3 Å². The van der Waals surface area contributed by atoms with Gasteiger partial charge in [-0.05, 0) is 43.7 Å². The molecule has 3 fully saturated rings. The van der Waals surface area contributed by atoms with Gasteiger partial charge in [-0.1, -0.05) is 12.8 Å². The molecule has 1 saturated carbocycles. The van der Waals surface area contributed by atoms with Crippen LogP contribution >= 0.6 is 0 Å². The number of nitrogens with zero attached hydrogens (tertiary/aromatic N) is 1. The molecule has 1 N–H and O–H groups in total. The molecular formula is C14H22N2O2. The van der Waals surface area contributed by atoms with E-state index in [0.29, 0.717) is 25.3 Å². The normalized spacial score (nSPS) is 31.6. The minimum Gasteiger partial charge on any atom is -0.316 e. The summed E-state index contributed by atoms with van der Waals surface area (Å²) in [6.45, 7) is 2.60. The summed E-state index contributed by atoms with van der Waals surface area (Å²) in [4.78, 5) is 26.0. The van der Waals surface area contributed by atoms with Crippen LogP contribution in [0, 0.1) is 11.3 Å². The van der Waals surface area contributed by atoms with E-state index in [0.717, 1.165) is 32.4 Å². The van der Waals surface area contributed by atoms with E-state index >= 15 is 0 Å². The number of amides is 2. The van der Waals surface area contributed by atoms with Gasteiger partial charge in [-0.15, -0.1) is 0 Å². The van der Waals surface area contributed by atoms with Gasteiger partial charge >= 0.3 is 0 Å². The van der Waals surface area contributed by atoms with E-state index in [9.17, 15) is 9.59 Å². The number of rotatable bonds is 2. The monoisotopic (exact) mass is 250 g/mol. The number of hydrogen-bond acceptors (Lipinski definition) is 3. The first-order valence-electron chi connectivity index (χ1n) is 7.22. The summed E-state index contributed by atoms with van der Waals surface area (Å²) in [6, 6.07) is 0. The van der Waals surface area contributed by atoms with Crippen LogP contribution < -0.4 is 5.32 Å². The fourth-order valence-corrected chi connectivity index (χ4v) is 3.84. The second-order valence-corrected chi connectivity index (χ2v) is 6.32. The van der Waals surface area contributed by atoms with Crippen LogP contribution in [0.5, 0.6) is 0 Å². The Kier molecular flexibility index (Phi) is 3.14. The Morgan fingerprint density at radius 2 is 1.83 bits per heavy atom. The van der Waals surface area contributed by atoms with E-state index in [2.05, 4.69) is 5.32 Å². The SMILES string of the molecule is O=C1CC2(CCCC2)CC(=O)N1CC1CCNC1. The molecule has 0 bridgehead atoms. The van der Waals surface area contributed by atoms with Crippen molar-refractivity contribution in [1.29, 1.82) is 0 Å². The lowest BCUT2D eigenvalue weighted by atomic mass is 9.76. The number of likely N-dealkylation sites (tertiary alicyclic amines) is 1. The summed E-state index contributed by atoms with van der Waals surface area (Å²) in [5.41, 5.74) is 0.0403. The van der Waals surface area contributed by atoms with E-state index < -0.39 is 0 Å². The fraction of sp³-hybridized carbons (Fsp3) is 0.857. The third-order valence-electron chi connectivity index (χ3n) is 4.92. The molecule has 0 radical (unpaired) electrons. The number of hydrogen-bond donors (Lipinski definition) is 1. The standard InChI is InChI=1S/C14H22N2O2/c17-12-7-14(4-1-2-5-14)8-13(18)16(12)10-11-3-6-15-9-11/h11,15H,1-10H2. The zero-order valence-corrected chi connectivity index (χ0v) is 10.9. The molecular weight excluding hydrogens is 228 g/mol. The third-order valence-corrected chi connectivity index (χ3v) is 4.92. The first kappa shape index (κ1) is 12.2. The molecule has 2 saturated heterocycles. The van der Waals surface area contributed by atoms with Crippen LogP contribution in [0.15, 0.2) is 0 Å². The summed E-state index contributed by atoms with van der Waals surface area (Å²) in [6.07, 6.45) is 6.83. The Balaban J connectivity index is 1.66. The average Bonchev–Trinajstić information content (AvgIpc) is 2.96. The largest absolute Gasteiger partial charge is 0.316 e. The molecule has 0 aromatic heterocycles. The summed E-state index contributed by atoms with van der Waals surface area (Å²) in [5, 5.41) is 3.29. The van der Waals surface area contributed by atoms with Gasteiger partial charge in [-0.3, -0.25) is 14.5 Å². The van der Waals surface area contributed by atoms with E-state index in [1.807, 2.05) is 0 Å². The van der Waals surface area contributed by atoms with Gasteiger partial charge in [0.25, 0.3) is 0 Å². The van der Waals surface area contributed by atoms with Crippen LogP contribution in [0.4, 0.5) is 0 Å². The number of carbonyl (C=O) groups excluding carboxylic acids is 2. The maximum atomic E-state index is 12.2. The molecule has 3 rings (SSSR count). The predicted octanol–water partition coefficient (Wildman–Crippen LogP) is 1.31. The Labute approximate surface area is 108 Å². The first-order chi connectivity index (χ1) is 8.69. The molecule has 2 aliphatic heterocycles. The van der Waals surface area contributed by atoms with Crippen molar-refractivity contribution in [2.45, 2.75) is 44.9 Å². The minimum absolute atomic E-state index is 0.0403. The summed E-state index contributed by atoms with van der Waals surface area (Å²) < 4.78 is 0. The van der Waals surface area contributed by atoms with E-state index in [4.69, 9.17) is 0 Å². The molecule has 4 heteroatoms. The molecule has 3 aliphatic rings. The lowest BCUT2D eigenvalue weighted by molar-refractivity contribution is -0.154. The highest BCUT2D eigenvalue weighted by Crippen LogP contribution is 2.47. The molecule has 0 aromatic rings. The number of nitrogens with one attached hydrogen (secondary N) is 1. The molecule has 2 heterocycles. The van der Waals surface area contributed by atoms with Crippen molar-refractivity contribution in [3.05, 3.63) is 0 Å². The zero-order valence-electron chi connectivity index (χ0n) is 10.9. The van der Waals surface area contributed by atoms with Gasteiger partial charge in [0.15, 0.2) is 0 Å². The van der Waals surface area contributed by atoms with Crippen LogP contribution in [0.1, 0.15) is 44.9 Å². The Morgan fingerprint density at radius 1 is 1.17 bits per heavy atom. The molecule has 4 nitrogen and oxygen atoms in total. The van der Waals surface area contributed by atoms with Crippen molar-refractivity contribution in [2.24, 2.45) is 11.3 Å². The van der Waals surface area contributed by atoms with Gasteiger partial charge in [0.05, 0.1) is 0 Å². The fourth-order valence-electron chi connectivity index (χ4n) is 3.84. The predicted molar refractivity (Wildman–Crippen MR) is 67.8 cm³/mol. The molecule has 18 heavy (non-hydrogen) atoms. The van der Waals surface area contributed by atoms with Crippen molar-refractivity contribution in [1.82, 2.24) is 10.2 Å². The first-order valence-corrected chi connectivity index (χ1v) is 7.22. The molecule has 1 aliphatic carbocycles.